The van der Waals surface area contributed by atoms with Crippen LogP contribution in [0.3, 0.4) is 0 Å². The van der Waals surface area contributed by atoms with E-state index in [9.17, 15) is 4.79 Å². The number of nitrogens with one attached hydrogen (secondary N) is 2. The molecular weight excluding hydrogens is 300 g/mol. The summed E-state index contributed by atoms with van der Waals surface area (Å²) in [4.78, 5) is 18.7. The normalized spacial score (nSPS) is 23.0. The molecular formula is C16H25ClN4O. The van der Waals surface area contributed by atoms with Crippen LogP contribution >= 0.6 is 12.4 Å². The number of carbonyl (C=O) groups excluding carboxylic acids is 1. The van der Waals surface area contributed by atoms with E-state index in [4.69, 9.17) is 0 Å². The van der Waals surface area contributed by atoms with Crippen LogP contribution in [0.2, 0.25) is 0 Å². The van der Waals surface area contributed by atoms with E-state index >= 15 is 0 Å². The van der Waals surface area contributed by atoms with E-state index in [1.807, 2.05) is 12.3 Å². The maximum Gasteiger partial charge on any atom is 0.234 e. The second-order valence-electron chi connectivity index (χ2n) is 6.03. The molecule has 22 heavy (non-hydrogen) atoms. The van der Waals surface area contributed by atoms with Gasteiger partial charge in [-0.25, -0.2) is 0 Å². The van der Waals surface area contributed by atoms with Gasteiger partial charge in [-0.15, -0.1) is 12.4 Å². The number of hydrogen-bond acceptors (Lipinski definition) is 4. The molecule has 5 nitrogen and oxygen atoms in total. The zero-order valence-electron chi connectivity index (χ0n) is 12.8. The van der Waals surface area contributed by atoms with Crippen LogP contribution in [-0.4, -0.2) is 48.0 Å². The zero-order valence-corrected chi connectivity index (χ0v) is 13.6. The molecule has 0 bridgehead atoms. The molecule has 1 saturated carbocycles. The highest BCUT2D eigenvalue weighted by atomic mass is 35.5. The third-order valence-electron chi connectivity index (χ3n) is 4.49. The van der Waals surface area contributed by atoms with Crippen LogP contribution < -0.4 is 10.6 Å². The van der Waals surface area contributed by atoms with Crippen molar-refractivity contribution in [2.24, 2.45) is 0 Å². The Balaban J connectivity index is 0.00000176. The number of aromatic nitrogens is 1. The van der Waals surface area contributed by atoms with Gasteiger partial charge in [-0.2, -0.15) is 0 Å². The lowest BCUT2D eigenvalue weighted by Crippen LogP contribution is -2.50. The van der Waals surface area contributed by atoms with Crippen LogP contribution in [0.15, 0.2) is 24.5 Å². The van der Waals surface area contributed by atoms with Crippen molar-refractivity contribution in [3.05, 3.63) is 30.1 Å². The van der Waals surface area contributed by atoms with Crippen LogP contribution in [0, 0.1) is 0 Å². The topological polar surface area (TPSA) is 57.3 Å². The van der Waals surface area contributed by atoms with Crippen LogP contribution in [0.25, 0.3) is 0 Å². The van der Waals surface area contributed by atoms with Crippen molar-refractivity contribution in [3.8, 4) is 0 Å². The fraction of sp³-hybridized carbons (Fsp3) is 0.625. The molecule has 1 saturated heterocycles. The predicted octanol–water partition coefficient (Wildman–Crippen LogP) is 1.51. The standard InChI is InChI=1S/C16H24N4O.ClH/c21-16(19-14-5-1-2-6-14)12-20-9-8-18-11-15(20)13-4-3-7-17-10-13;/h3-4,7,10,14-15,18H,1-2,5-6,8-9,11-12H2,(H,19,21);1H. The number of amides is 1. The molecule has 1 aliphatic heterocycles. The molecule has 1 aromatic heterocycles. The number of rotatable bonds is 4. The van der Waals surface area contributed by atoms with E-state index in [2.05, 4.69) is 26.6 Å². The van der Waals surface area contributed by atoms with Crippen LogP contribution in [-0.2, 0) is 4.79 Å². The summed E-state index contributed by atoms with van der Waals surface area (Å²) in [6.45, 7) is 3.20. The highest BCUT2D eigenvalue weighted by Gasteiger charge is 2.26. The molecule has 1 aromatic rings. The highest BCUT2D eigenvalue weighted by Crippen LogP contribution is 2.21. The van der Waals surface area contributed by atoms with Gasteiger partial charge in [-0.3, -0.25) is 14.7 Å². The number of carbonyl (C=O) groups is 1. The van der Waals surface area contributed by atoms with Gasteiger partial charge in [0.2, 0.25) is 5.91 Å². The maximum atomic E-state index is 12.3. The summed E-state index contributed by atoms with van der Waals surface area (Å²) in [7, 11) is 0. The molecule has 2 fully saturated rings. The van der Waals surface area contributed by atoms with Gasteiger partial charge < -0.3 is 10.6 Å². The lowest BCUT2D eigenvalue weighted by atomic mass is 10.1. The van der Waals surface area contributed by atoms with Crippen molar-refractivity contribution in [1.82, 2.24) is 20.5 Å². The number of hydrogen-bond donors (Lipinski definition) is 2. The summed E-state index contributed by atoms with van der Waals surface area (Å²) < 4.78 is 0. The first-order valence-electron chi connectivity index (χ1n) is 7.97. The maximum absolute atomic E-state index is 12.3. The molecule has 122 valence electrons. The average Bonchev–Trinajstić information content (AvgIpc) is 3.01. The molecule has 1 aliphatic carbocycles. The Bertz CT molecular complexity index is 464. The van der Waals surface area contributed by atoms with Gasteiger partial charge in [0.05, 0.1) is 6.54 Å². The Kier molecular flexibility index (Phi) is 6.61. The summed E-state index contributed by atoms with van der Waals surface area (Å²) in [5.74, 6) is 0.165. The third kappa shape index (κ3) is 4.41. The molecule has 0 spiro atoms. The summed E-state index contributed by atoms with van der Waals surface area (Å²) in [5.41, 5.74) is 1.18. The molecule has 0 aromatic carbocycles. The first-order chi connectivity index (χ1) is 10.3. The van der Waals surface area contributed by atoms with Gasteiger partial charge in [0.25, 0.3) is 0 Å². The fourth-order valence-electron chi connectivity index (χ4n) is 3.37. The second-order valence-corrected chi connectivity index (χ2v) is 6.03. The first-order valence-corrected chi connectivity index (χ1v) is 7.97. The summed E-state index contributed by atoms with van der Waals surface area (Å²) in [6, 6.07) is 4.69. The van der Waals surface area contributed by atoms with Crippen molar-refractivity contribution in [2.75, 3.05) is 26.2 Å². The smallest absolute Gasteiger partial charge is 0.234 e. The number of halogens is 1. The molecule has 1 atom stereocenters. The largest absolute Gasteiger partial charge is 0.352 e. The van der Waals surface area contributed by atoms with Crippen molar-refractivity contribution >= 4 is 18.3 Å². The van der Waals surface area contributed by atoms with E-state index in [0.29, 0.717) is 12.6 Å². The van der Waals surface area contributed by atoms with Crippen LogP contribution in [0.1, 0.15) is 37.3 Å². The van der Waals surface area contributed by atoms with E-state index < -0.39 is 0 Å². The third-order valence-corrected chi connectivity index (χ3v) is 4.49. The Morgan fingerprint density at radius 2 is 2.23 bits per heavy atom. The molecule has 1 amide bonds. The van der Waals surface area contributed by atoms with Crippen LogP contribution in [0.4, 0.5) is 0 Å². The second kappa shape index (κ2) is 8.46. The number of nitrogens with zero attached hydrogens (tertiary/aromatic N) is 2. The minimum atomic E-state index is 0. The predicted molar refractivity (Wildman–Crippen MR) is 89.1 cm³/mol. The first kappa shape index (κ1) is 17.2. The fourth-order valence-corrected chi connectivity index (χ4v) is 3.37. The SMILES string of the molecule is Cl.O=C(CN1CCNCC1c1cccnc1)NC1CCCC1. The summed E-state index contributed by atoms with van der Waals surface area (Å²) >= 11 is 0. The monoisotopic (exact) mass is 324 g/mol. The zero-order chi connectivity index (χ0) is 14.5. The van der Waals surface area contributed by atoms with Gasteiger partial charge in [0.1, 0.15) is 0 Å². The quantitative estimate of drug-likeness (QED) is 0.881. The van der Waals surface area contributed by atoms with Crippen molar-refractivity contribution in [2.45, 2.75) is 37.8 Å². The molecule has 2 heterocycles. The highest BCUT2D eigenvalue weighted by molar-refractivity contribution is 5.85. The Hall–Kier alpha value is -1.17. The van der Waals surface area contributed by atoms with Crippen molar-refractivity contribution in [3.63, 3.8) is 0 Å². The Morgan fingerprint density at radius 3 is 2.95 bits per heavy atom. The molecule has 0 radical (unpaired) electrons. The molecule has 2 aliphatic rings. The van der Waals surface area contributed by atoms with Gasteiger partial charge in [0, 0.05) is 44.1 Å². The van der Waals surface area contributed by atoms with Gasteiger partial charge in [-0.1, -0.05) is 18.9 Å². The number of piperazine rings is 1. The molecule has 6 heteroatoms. The lowest BCUT2D eigenvalue weighted by molar-refractivity contribution is -0.123. The van der Waals surface area contributed by atoms with Crippen molar-refractivity contribution < 1.29 is 4.79 Å². The van der Waals surface area contributed by atoms with E-state index in [1.165, 1.54) is 18.4 Å². The molecule has 2 N–H and O–H groups in total. The lowest BCUT2D eigenvalue weighted by Gasteiger charge is -2.36. The average molecular weight is 325 g/mol. The van der Waals surface area contributed by atoms with Gasteiger partial charge in [0.15, 0.2) is 0 Å². The van der Waals surface area contributed by atoms with E-state index in [0.717, 1.165) is 32.5 Å². The summed E-state index contributed by atoms with van der Waals surface area (Å²) in [6.07, 6.45) is 8.46. The van der Waals surface area contributed by atoms with Gasteiger partial charge in [-0.05, 0) is 24.5 Å². The molecule has 1 unspecified atom stereocenters. The van der Waals surface area contributed by atoms with Crippen LogP contribution in [0.5, 0.6) is 0 Å². The van der Waals surface area contributed by atoms with Crippen molar-refractivity contribution in [1.29, 1.82) is 0 Å². The Labute approximate surface area is 138 Å². The summed E-state index contributed by atoms with van der Waals surface area (Å²) in [5, 5.41) is 6.59. The minimum Gasteiger partial charge on any atom is -0.352 e. The molecule has 3 rings (SSSR count). The van der Waals surface area contributed by atoms with E-state index in [-0.39, 0.29) is 24.4 Å². The minimum absolute atomic E-state index is 0. The Morgan fingerprint density at radius 1 is 1.41 bits per heavy atom. The van der Waals surface area contributed by atoms with E-state index in [1.54, 1.807) is 6.20 Å². The number of pyridine rings is 1. The van der Waals surface area contributed by atoms with Gasteiger partial charge >= 0.3 is 0 Å².